The summed E-state index contributed by atoms with van der Waals surface area (Å²) in [6.07, 6.45) is 5.11. The van der Waals surface area contributed by atoms with E-state index >= 15 is 0 Å². The first kappa shape index (κ1) is 13.1. The molecule has 17 heavy (non-hydrogen) atoms. The lowest BCUT2D eigenvalue weighted by Gasteiger charge is -2.33. The van der Waals surface area contributed by atoms with Crippen molar-refractivity contribution in [2.24, 2.45) is 0 Å². The lowest BCUT2D eigenvalue weighted by Crippen LogP contribution is -2.38. The fourth-order valence-electron chi connectivity index (χ4n) is 2.46. The van der Waals surface area contributed by atoms with Crippen LogP contribution in [-0.2, 0) is 5.41 Å². The minimum Gasteiger partial charge on any atom is -0.313 e. The van der Waals surface area contributed by atoms with Crippen LogP contribution in [0.4, 0.5) is 0 Å². The van der Waals surface area contributed by atoms with E-state index in [-0.39, 0.29) is 0 Å². The van der Waals surface area contributed by atoms with Gasteiger partial charge in [0.25, 0.3) is 0 Å². The summed E-state index contributed by atoms with van der Waals surface area (Å²) in [6, 6.07) is 9.60. The molecule has 1 saturated carbocycles. The van der Waals surface area contributed by atoms with Crippen LogP contribution in [0, 0.1) is 0 Å². The molecule has 0 saturated heterocycles. The van der Waals surface area contributed by atoms with E-state index in [0.717, 1.165) is 12.6 Å². The third-order valence-corrected chi connectivity index (χ3v) is 4.59. The Morgan fingerprint density at radius 1 is 1.29 bits per heavy atom. The molecular formula is C15H22BrN. The van der Waals surface area contributed by atoms with E-state index in [1.165, 1.54) is 35.7 Å². The molecule has 2 heteroatoms. The summed E-state index contributed by atoms with van der Waals surface area (Å²) in [5.41, 5.74) is 1.76. The van der Waals surface area contributed by atoms with Gasteiger partial charge in [-0.25, -0.2) is 0 Å². The maximum atomic E-state index is 3.70. The fourth-order valence-corrected chi connectivity index (χ4v) is 2.86. The molecule has 0 bridgehead atoms. The van der Waals surface area contributed by atoms with Gasteiger partial charge in [-0.05, 0) is 43.4 Å². The Hall–Kier alpha value is -0.340. The molecule has 1 nitrogen and oxygen atoms in total. The number of benzene rings is 1. The average Bonchev–Trinajstić information content (AvgIpc) is 3.15. The predicted octanol–water partition coefficient (Wildman–Crippen LogP) is 4.26. The van der Waals surface area contributed by atoms with E-state index < -0.39 is 0 Å². The van der Waals surface area contributed by atoms with Gasteiger partial charge in [-0.2, -0.15) is 0 Å². The standard InChI is InChI=1S/C15H22BrN/c1-3-15(4-2,11-17-14-8-9-14)12-6-5-7-13(16)10-12/h5-7,10,14,17H,3-4,8-9,11H2,1-2H3. The zero-order valence-electron chi connectivity index (χ0n) is 10.8. The van der Waals surface area contributed by atoms with Crippen LogP contribution in [0.5, 0.6) is 0 Å². The van der Waals surface area contributed by atoms with E-state index in [9.17, 15) is 0 Å². The van der Waals surface area contributed by atoms with Gasteiger partial charge in [0.15, 0.2) is 0 Å². The smallest absolute Gasteiger partial charge is 0.0178 e. The quantitative estimate of drug-likeness (QED) is 0.827. The van der Waals surface area contributed by atoms with Gasteiger partial charge in [-0.15, -0.1) is 0 Å². The topological polar surface area (TPSA) is 12.0 Å². The second-order valence-corrected chi connectivity index (χ2v) is 6.07. The van der Waals surface area contributed by atoms with Crippen molar-refractivity contribution in [3.63, 3.8) is 0 Å². The van der Waals surface area contributed by atoms with E-state index in [2.05, 4.69) is 59.4 Å². The zero-order chi connectivity index (χ0) is 12.3. The van der Waals surface area contributed by atoms with E-state index in [1.807, 2.05) is 0 Å². The lowest BCUT2D eigenvalue weighted by atomic mass is 9.76. The summed E-state index contributed by atoms with van der Waals surface area (Å²) in [6.45, 7) is 5.72. The first-order chi connectivity index (χ1) is 8.20. The summed E-state index contributed by atoms with van der Waals surface area (Å²) in [7, 11) is 0. The van der Waals surface area contributed by atoms with Crippen LogP contribution in [0.15, 0.2) is 28.7 Å². The van der Waals surface area contributed by atoms with E-state index in [1.54, 1.807) is 0 Å². The minimum absolute atomic E-state index is 0.298. The van der Waals surface area contributed by atoms with Crippen molar-refractivity contribution in [1.82, 2.24) is 5.32 Å². The van der Waals surface area contributed by atoms with Crippen LogP contribution < -0.4 is 5.32 Å². The zero-order valence-corrected chi connectivity index (χ0v) is 12.4. The molecule has 2 rings (SSSR count). The largest absolute Gasteiger partial charge is 0.313 e. The number of halogens is 1. The van der Waals surface area contributed by atoms with Gasteiger partial charge in [-0.1, -0.05) is 41.9 Å². The van der Waals surface area contributed by atoms with Crippen molar-refractivity contribution in [2.75, 3.05) is 6.54 Å². The van der Waals surface area contributed by atoms with Crippen molar-refractivity contribution in [3.05, 3.63) is 34.3 Å². The monoisotopic (exact) mass is 295 g/mol. The maximum Gasteiger partial charge on any atom is 0.0178 e. The third kappa shape index (κ3) is 3.11. The minimum atomic E-state index is 0.298. The number of nitrogens with one attached hydrogen (secondary N) is 1. The fraction of sp³-hybridized carbons (Fsp3) is 0.600. The molecule has 0 atom stereocenters. The Balaban J connectivity index is 2.18. The molecule has 1 aliphatic rings. The summed E-state index contributed by atoms with van der Waals surface area (Å²) in [4.78, 5) is 0. The molecule has 1 aliphatic carbocycles. The summed E-state index contributed by atoms with van der Waals surface area (Å²) in [5, 5.41) is 3.70. The van der Waals surface area contributed by atoms with Crippen LogP contribution in [0.25, 0.3) is 0 Å². The summed E-state index contributed by atoms with van der Waals surface area (Å²) < 4.78 is 1.19. The van der Waals surface area contributed by atoms with Crippen LogP contribution >= 0.6 is 15.9 Å². The van der Waals surface area contributed by atoms with Crippen LogP contribution in [-0.4, -0.2) is 12.6 Å². The number of hydrogen-bond acceptors (Lipinski definition) is 1. The lowest BCUT2D eigenvalue weighted by molar-refractivity contribution is 0.367. The summed E-state index contributed by atoms with van der Waals surface area (Å²) in [5.74, 6) is 0. The van der Waals surface area contributed by atoms with Gasteiger partial charge in [0.1, 0.15) is 0 Å². The van der Waals surface area contributed by atoms with Crippen LogP contribution in [0.3, 0.4) is 0 Å². The van der Waals surface area contributed by atoms with Crippen molar-refractivity contribution in [3.8, 4) is 0 Å². The first-order valence-corrected chi connectivity index (χ1v) is 7.49. The Kier molecular flexibility index (Phi) is 4.26. The molecule has 0 heterocycles. The highest BCUT2D eigenvalue weighted by atomic mass is 79.9. The molecule has 0 aliphatic heterocycles. The highest BCUT2D eigenvalue weighted by Gasteiger charge is 2.31. The molecule has 1 aromatic carbocycles. The SMILES string of the molecule is CCC(CC)(CNC1CC1)c1cccc(Br)c1. The van der Waals surface area contributed by atoms with E-state index in [0.29, 0.717) is 5.41 Å². The van der Waals surface area contributed by atoms with Gasteiger partial charge < -0.3 is 5.32 Å². The summed E-state index contributed by atoms with van der Waals surface area (Å²) >= 11 is 3.58. The molecule has 1 aromatic rings. The Morgan fingerprint density at radius 2 is 2.00 bits per heavy atom. The maximum absolute atomic E-state index is 3.70. The second kappa shape index (κ2) is 5.53. The number of hydrogen-bond donors (Lipinski definition) is 1. The molecular weight excluding hydrogens is 274 g/mol. The molecule has 0 radical (unpaired) electrons. The van der Waals surface area contributed by atoms with Crippen LogP contribution in [0.2, 0.25) is 0 Å². The molecule has 1 fully saturated rings. The van der Waals surface area contributed by atoms with Gasteiger partial charge in [0, 0.05) is 22.5 Å². The van der Waals surface area contributed by atoms with Gasteiger partial charge in [-0.3, -0.25) is 0 Å². The van der Waals surface area contributed by atoms with E-state index in [4.69, 9.17) is 0 Å². The Labute approximate surface area is 113 Å². The Morgan fingerprint density at radius 3 is 2.53 bits per heavy atom. The Bertz CT molecular complexity index is 367. The van der Waals surface area contributed by atoms with Crippen molar-refractivity contribution >= 4 is 15.9 Å². The van der Waals surface area contributed by atoms with Crippen molar-refractivity contribution in [1.29, 1.82) is 0 Å². The third-order valence-electron chi connectivity index (χ3n) is 4.10. The average molecular weight is 296 g/mol. The normalized spacial score (nSPS) is 16.2. The van der Waals surface area contributed by atoms with Crippen molar-refractivity contribution in [2.45, 2.75) is 51.0 Å². The number of rotatable bonds is 6. The van der Waals surface area contributed by atoms with Crippen LogP contribution in [0.1, 0.15) is 45.1 Å². The van der Waals surface area contributed by atoms with Gasteiger partial charge in [0.05, 0.1) is 0 Å². The molecule has 0 aromatic heterocycles. The van der Waals surface area contributed by atoms with Gasteiger partial charge >= 0.3 is 0 Å². The first-order valence-electron chi connectivity index (χ1n) is 6.69. The molecule has 0 spiro atoms. The molecule has 1 N–H and O–H groups in total. The molecule has 94 valence electrons. The molecule has 0 amide bonds. The van der Waals surface area contributed by atoms with Gasteiger partial charge in [0.2, 0.25) is 0 Å². The highest BCUT2D eigenvalue weighted by Crippen LogP contribution is 2.33. The predicted molar refractivity (Wildman–Crippen MR) is 77.4 cm³/mol. The van der Waals surface area contributed by atoms with Crippen molar-refractivity contribution < 1.29 is 0 Å². The molecule has 0 unspecified atom stereocenters. The second-order valence-electron chi connectivity index (χ2n) is 5.15. The highest BCUT2D eigenvalue weighted by molar-refractivity contribution is 9.10.